The van der Waals surface area contributed by atoms with Crippen molar-refractivity contribution in [3.05, 3.63) is 31.5 Å². The highest BCUT2D eigenvalue weighted by molar-refractivity contribution is 9.10. The van der Waals surface area contributed by atoms with Gasteiger partial charge in [-0.15, -0.1) is 11.3 Å². The van der Waals surface area contributed by atoms with Gasteiger partial charge in [-0.2, -0.15) is 5.10 Å². The van der Waals surface area contributed by atoms with Crippen LogP contribution in [0.3, 0.4) is 0 Å². The standard InChI is InChI=1S/C8H7Br2N3S/c9-5-1-6(14-4-5)3-13-8(11)7(10)2-12-13/h1-2,4H,3,11H2. The molecule has 0 unspecified atom stereocenters. The van der Waals surface area contributed by atoms with E-state index in [4.69, 9.17) is 5.73 Å². The van der Waals surface area contributed by atoms with Gasteiger partial charge < -0.3 is 5.73 Å². The fraction of sp³-hybridized carbons (Fsp3) is 0.125. The fourth-order valence-corrected chi connectivity index (χ4v) is 2.81. The first-order valence-corrected chi connectivity index (χ1v) is 6.33. The first-order valence-electron chi connectivity index (χ1n) is 3.86. The normalized spacial score (nSPS) is 10.7. The van der Waals surface area contributed by atoms with E-state index < -0.39 is 0 Å². The van der Waals surface area contributed by atoms with Crippen molar-refractivity contribution in [2.75, 3.05) is 5.73 Å². The predicted octanol–water partition coefficient (Wildman–Crippen LogP) is 3.10. The zero-order chi connectivity index (χ0) is 10.1. The smallest absolute Gasteiger partial charge is 0.136 e. The highest BCUT2D eigenvalue weighted by Crippen LogP contribution is 2.23. The van der Waals surface area contributed by atoms with Gasteiger partial charge in [-0.1, -0.05) is 0 Å². The van der Waals surface area contributed by atoms with Crippen molar-refractivity contribution in [2.45, 2.75) is 6.54 Å². The van der Waals surface area contributed by atoms with E-state index in [0.29, 0.717) is 12.4 Å². The number of hydrogen-bond donors (Lipinski definition) is 1. The van der Waals surface area contributed by atoms with Gasteiger partial charge in [0.25, 0.3) is 0 Å². The zero-order valence-electron chi connectivity index (χ0n) is 7.08. The summed E-state index contributed by atoms with van der Waals surface area (Å²) in [5.74, 6) is 0.662. The monoisotopic (exact) mass is 335 g/mol. The Labute approximate surface area is 102 Å². The molecular weight excluding hydrogens is 330 g/mol. The van der Waals surface area contributed by atoms with Crippen LogP contribution in [0.1, 0.15) is 4.88 Å². The largest absolute Gasteiger partial charge is 0.383 e. The van der Waals surface area contributed by atoms with Gasteiger partial charge >= 0.3 is 0 Å². The maximum absolute atomic E-state index is 5.80. The third-order valence-electron chi connectivity index (χ3n) is 1.76. The van der Waals surface area contributed by atoms with Gasteiger partial charge in [0.15, 0.2) is 0 Å². The van der Waals surface area contributed by atoms with Crippen molar-refractivity contribution < 1.29 is 0 Å². The number of halogens is 2. The summed E-state index contributed by atoms with van der Waals surface area (Å²) in [5, 5.41) is 6.20. The van der Waals surface area contributed by atoms with E-state index in [2.05, 4.69) is 43.0 Å². The number of nitrogens with two attached hydrogens (primary N) is 1. The molecule has 6 heteroatoms. The van der Waals surface area contributed by atoms with Crippen molar-refractivity contribution in [1.82, 2.24) is 9.78 Å². The molecule has 74 valence electrons. The molecule has 0 atom stereocenters. The van der Waals surface area contributed by atoms with Crippen molar-refractivity contribution in [1.29, 1.82) is 0 Å². The van der Waals surface area contributed by atoms with E-state index >= 15 is 0 Å². The quantitative estimate of drug-likeness (QED) is 0.915. The highest BCUT2D eigenvalue weighted by Gasteiger charge is 2.06. The lowest BCUT2D eigenvalue weighted by molar-refractivity contribution is 0.705. The molecule has 0 amide bonds. The Kier molecular flexibility index (Phi) is 2.94. The molecule has 0 aliphatic heterocycles. The number of thiophene rings is 1. The van der Waals surface area contributed by atoms with Crippen LogP contribution in [-0.4, -0.2) is 9.78 Å². The second-order valence-electron chi connectivity index (χ2n) is 2.77. The minimum absolute atomic E-state index is 0.662. The van der Waals surface area contributed by atoms with E-state index in [-0.39, 0.29) is 0 Å². The van der Waals surface area contributed by atoms with E-state index in [9.17, 15) is 0 Å². The summed E-state index contributed by atoms with van der Waals surface area (Å²) in [6.07, 6.45) is 1.71. The van der Waals surface area contributed by atoms with Gasteiger partial charge in [0.05, 0.1) is 17.2 Å². The lowest BCUT2D eigenvalue weighted by Crippen LogP contribution is -2.04. The lowest BCUT2D eigenvalue weighted by atomic mass is 10.4. The van der Waals surface area contributed by atoms with Gasteiger partial charge in [0.2, 0.25) is 0 Å². The Bertz CT molecular complexity index is 449. The molecule has 0 aliphatic rings. The number of rotatable bonds is 2. The summed E-state index contributed by atoms with van der Waals surface area (Å²) in [7, 11) is 0. The van der Waals surface area contributed by atoms with Crippen molar-refractivity contribution in [3.8, 4) is 0 Å². The van der Waals surface area contributed by atoms with Gasteiger partial charge in [-0.25, -0.2) is 4.68 Å². The summed E-state index contributed by atoms with van der Waals surface area (Å²) < 4.78 is 3.71. The lowest BCUT2D eigenvalue weighted by Gasteiger charge is -2.00. The van der Waals surface area contributed by atoms with E-state index in [1.54, 1.807) is 22.2 Å². The maximum Gasteiger partial charge on any atom is 0.136 e. The molecule has 2 heterocycles. The molecule has 0 bridgehead atoms. The van der Waals surface area contributed by atoms with Gasteiger partial charge in [0, 0.05) is 14.7 Å². The molecule has 0 aliphatic carbocycles. The minimum Gasteiger partial charge on any atom is -0.383 e. The van der Waals surface area contributed by atoms with E-state index in [0.717, 1.165) is 8.95 Å². The van der Waals surface area contributed by atoms with Crippen molar-refractivity contribution in [3.63, 3.8) is 0 Å². The van der Waals surface area contributed by atoms with Crippen LogP contribution in [-0.2, 0) is 6.54 Å². The summed E-state index contributed by atoms with van der Waals surface area (Å²) >= 11 is 8.41. The third-order valence-corrected chi connectivity index (χ3v) is 4.05. The third kappa shape index (κ3) is 2.02. The molecule has 0 radical (unpaired) electrons. The van der Waals surface area contributed by atoms with Gasteiger partial charge in [-0.3, -0.25) is 0 Å². The molecule has 0 spiro atoms. The Morgan fingerprint density at radius 1 is 1.50 bits per heavy atom. The molecule has 2 aromatic rings. The molecule has 2 rings (SSSR count). The molecule has 2 aromatic heterocycles. The zero-order valence-corrected chi connectivity index (χ0v) is 11.1. The summed E-state index contributed by atoms with van der Waals surface area (Å²) in [6.45, 7) is 0.716. The van der Waals surface area contributed by atoms with Crippen molar-refractivity contribution in [2.24, 2.45) is 0 Å². The molecular formula is C8H7Br2N3S. The number of nitrogens with zero attached hydrogens (tertiary/aromatic N) is 2. The number of anilines is 1. The summed E-state index contributed by atoms with van der Waals surface area (Å²) in [5.41, 5.74) is 5.80. The number of aromatic nitrogens is 2. The first-order chi connectivity index (χ1) is 6.66. The van der Waals surface area contributed by atoms with Gasteiger partial charge in [0.1, 0.15) is 5.82 Å². The van der Waals surface area contributed by atoms with Crippen LogP contribution >= 0.6 is 43.2 Å². The van der Waals surface area contributed by atoms with E-state index in [1.807, 2.05) is 5.38 Å². The molecule has 0 saturated heterocycles. The maximum atomic E-state index is 5.80. The summed E-state index contributed by atoms with van der Waals surface area (Å²) in [6, 6.07) is 2.07. The summed E-state index contributed by atoms with van der Waals surface area (Å²) in [4.78, 5) is 1.22. The highest BCUT2D eigenvalue weighted by atomic mass is 79.9. The average Bonchev–Trinajstić information content (AvgIpc) is 2.67. The predicted molar refractivity (Wildman–Crippen MR) is 65.5 cm³/mol. The van der Waals surface area contributed by atoms with Crippen LogP contribution in [0.5, 0.6) is 0 Å². The minimum atomic E-state index is 0.662. The van der Waals surface area contributed by atoms with Crippen LogP contribution in [0.2, 0.25) is 0 Å². The fourth-order valence-electron chi connectivity index (χ4n) is 1.08. The molecule has 2 N–H and O–H groups in total. The molecule has 0 fully saturated rings. The van der Waals surface area contributed by atoms with Gasteiger partial charge in [-0.05, 0) is 37.9 Å². The number of nitrogen functional groups attached to an aromatic ring is 1. The Morgan fingerprint density at radius 3 is 2.79 bits per heavy atom. The van der Waals surface area contributed by atoms with Crippen LogP contribution in [0.4, 0.5) is 5.82 Å². The van der Waals surface area contributed by atoms with E-state index in [1.165, 1.54) is 4.88 Å². The topological polar surface area (TPSA) is 43.8 Å². The van der Waals surface area contributed by atoms with Crippen LogP contribution in [0.15, 0.2) is 26.6 Å². The Morgan fingerprint density at radius 2 is 2.29 bits per heavy atom. The molecule has 3 nitrogen and oxygen atoms in total. The first kappa shape index (κ1) is 10.2. The Hall–Kier alpha value is -0.330. The average molecular weight is 337 g/mol. The second kappa shape index (κ2) is 4.04. The second-order valence-corrected chi connectivity index (χ2v) is 5.53. The van der Waals surface area contributed by atoms with Crippen LogP contribution in [0.25, 0.3) is 0 Å². The van der Waals surface area contributed by atoms with Crippen molar-refractivity contribution >= 4 is 49.0 Å². The molecule has 0 saturated carbocycles. The SMILES string of the molecule is Nc1c(Br)cnn1Cc1cc(Br)cs1. The Balaban J connectivity index is 2.22. The molecule has 14 heavy (non-hydrogen) atoms. The van der Waals surface area contributed by atoms with Crippen LogP contribution in [0, 0.1) is 0 Å². The van der Waals surface area contributed by atoms with Crippen LogP contribution < -0.4 is 5.73 Å². The number of hydrogen-bond acceptors (Lipinski definition) is 3. The molecule has 0 aromatic carbocycles.